The van der Waals surface area contributed by atoms with Crippen molar-refractivity contribution < 1.29 is 4.79 Å². The fraction of sp³-hybridized carbons (Fsp3) is 0.350. The van der Waals surface area contributed by atoms with Gasteiger partial charge in [-0.25, -0.2) is 0 Å². The third-order valence-electron chi connectivity index (χ3n) is 4.47. The first-order valence-corrected chi connectivity index (χ1v) is 8.07. The van der Waals surface area contributed by atoms with Gasteiger partial charge in [0.15, 0.2) is 0 Å². The van der Waals surface area contributed by atoms with Crippen molar-refractivity contribution in [1.82, 2.24) is 0 Å². The SMILES string of the molecule is Cc1c(NC(=O)c2ccc(C3CC3)cc2)cccc1C(C)C. The number of amides is 1. The van der Waals surface area contributed by atoms with Crippen molar-refractivity contribution in [1.29, 1.82) is 0 Å². The highest BCUT2D eigenvalue weighted by Crippen LogP contribution is 2.39. The summed E-state index contributed by atoms with van der Waals surface area (Å²) in [6.07, 6.45) is 2.57. The van der Waals surface area contributed by atoms with E-state index in [2.05, 4.69) is 44.3 Å². The predicted molar refractivity (Wildman–Crippen MR) is 91.6 cm³/mol. The van der Waals surface area contributed by atoms with Gasteiger partial charge < -0.3 is 5.32 Å². The molecule has 2 aromatic carbocycles. The van der Waals surface area contributed by atoms with E-state index in [4.69, 9.17) is 0 Å². The minimum absolute atomic E-state index is 0.0358. The highest BCUT2D eigenvalue weighted by atomic mass is 16.1. The summed E-state index contributed by atoms with van der Waals surface area (Å²) in [6.45, 7) is 6.41. The van der Waals surface area contributed by atoms with Crippen LogP contribution in [0.15, 0.2) is 42.5 Å². The Bertz CT molecular complexity index is 681. The summed E-state index contributed by atoms with van der Waals surface area (Å²) >= 11 is 0. The molecule has 0 spiro atoms. The highest BCUT2D eigenvalue weighted by Gasteiger charge is 2.23. The smallest absolute Gasteiger partial charge is 0.255 e. The minimum atomic E-state index is -0.0358. The molecule has 2 heteroatoms. The van der Waals surface area contributed by atoms with Crippen LogP contribution in [0.4, 0.5) is 5.69 Å². The van der Waals surface area contributed by atoms with Crippen LogP contribution in [0.25, 0.3) is 0 Å². The maximum atomic E-state index is 12.4. The number of rotatable bonds is 4. The van der Waals surface area contributed by atoms with Crippen molar-refractivity contribution in [2.75, 3.05) is 5.32 Å². The zero-order chi connectivity index (χ0) is 15.7. The van der Waals surface area contributed by atoms with Gasteiger partial charge in [-0.05, 0) is 66.5 Å². The average molecular weight is 293 g/mol. The molecule has 0 saturated heterocycles. The number of anilines is 1. The molecule has 0 radical (unpaired) electrons. The van der Waals surface area contributed by atoms with E-state index in [9.17, 15) is 4.79 Å². The summed E-state index contributed by atoms with van der Waals surface area (Å²) in [5.74, 6) is 1.14. The molecule has 0 aromatic heterocycles. The molecular weight excluding hydrogens is 270 g/mol. The van der Waals surface area contributed by atoms with Crippen molar-refractivity contribution in [2.45, 2.75) is 45.4 Å². The Balaban J connectivity index is 1.77. The first-order valence-electron chi connectivity index (χ1n) is 8.07. The Kier molecular flexibility index (Phi) is 4.02. The number of carbonyl (C=O) groups is 1. The van der Waals surface area contributed by atoms with Gasteiger partial charge in [-0.3, -0.25) is 4.79 Å². The largest absolute Gasteiger partial charge is 0.322 e. The van der Waals surface area contributed by atoms with Gasteiger partial charge >= 0.3 is 0 Å². The maximum Gasteiger partial charge on any atom is 0.255 e. The fourth-order valence-corrected chi connectivity index (χ4v) is 2.93. The summed E-state index contributed by atoms with van der Waals surface area (Å²) in [4.78, 5) is 12.4. The molecule has 1 aliphatic rings. The summed E-state index contributed by atoms with van der Waals surface area (Å²) in [7, 11) is 0. The van der Waals surface area contributed by atoms with Crippen molar-refractivity contribution in [3.05, 3.63) is 64.7 Å². The van der Waals surface area contributed by atoms with Crippen molar-refractivity contribution in [3.8, 4) is 0 Å². The van der Waals surface area contributed by atoms with E-state index in [0.717, 1.165) is 22.7 Å². The van der Waals surface area contributed by atoms with Crippen LogP contribution in [0.2, 0.25) is 0 Å². The summed E-state index contributed by atoms with van der Waals surface area (Å²) in [5, 5.41) is 3.05. The maximum absolute atomic E-state index is 12.4. The normalized spacial score (nSPS) is 14.2. The molecule has 1 saturated carbocycles. The van der Waals surface area contributed by atoms with Gasteiger partial charge in [-0.1, -0.05) is 38.1 Å². The van der Waals surface area contributed by atoms with E-state index < -0.39 is 0 Å². The molecule has 1 N–H and O–H groups in total. The van der Waals surface area contributed by atoms with Crippen molar-refractivity contribution >= 4 is 11.6 Å². The minimum Gasteiger partial charge on any atom is -0.322 e. The molecule has 0 aliphatic heterocycles. The topological polar surface area (TPSA) is 29.1 Å². The summed E-state index contributed by atoms with van der Waals surface area (Å²) in [6, 6.07) is 14.1. The standard InChI is InChI=1S/C20H23NO/c1-13(2)18-5-4-6-19(14(18)3)21-20(22)17-11-9-16(10-12-17)15-7-8-15/h4-6,9-13,15H,7-8H2,1-3H3,(H,21,22). The lowest BCUT2D eigenvalue weighted by Gasteiger charge is -2.15. The number of nitrogens with one attached hydrogen (secondary N) is 1. The van der Waals surface area contributed by atoms with Gasteiger partial charge in [0, 0.05) is 11.3 Å². The van der Waals surface area contributed by atoms with E-state index in [-0.39, 0.29) is 5.91 Å². The Morgan fingerprint density at radius 2 is 1.77 bits per heavy atom. The molecule has 3 rings (SSSR count). The molecule has 0 bridgehead atoms. The number of hydrogen-bond donors (Lipinski definition) is 1. The molecule has 2 aromatic rings. The van der Waals surface area contributed by atoms with Crippen LogP contribution in [0, 0.1) is 6.92 Å². The summed E-state index contributed by atoms with van der Waals surface area (Å²) < 4.78 is 0. The van der Waals surface area contributed by atoms with Crippen LogP contribution in [-0.2, 0) is 0 Å². The highest BCUT2D eigenvalue weighted by molar-refractivity contribution is 6.04. The van der Waals surface area contributed by atoms with Crippen LogP contribution in [0.3, 0.4) is 0 Å². The molecule has 1 fully saturated rings. The van der Waals surface area contributed by atoms with E-state index in [1.54, 1.807) is 0 Å². The quantitative estimate of drug-likeness (QED) is 0.819. The average Bonchev–Trinajstić information content (AvgIpc) is 3.34. The number of benzene rings is 2. The molecule has 2 nitrogen and oxygen atoms in total. The monoisotopic (exact) mass is 293 g/mol. The molecule has 1 amide bonds. The molecule has 0 unspecified atom stereocenters. The van der Waals surface area contributed by atoms with Gasteiger partial charge in [-0.15, -0.1) is 0 Å². The van der Waals surface area contributed by atoms with Gasteiger partial charge in [0.2, 0.25) is 0 Å². The van der Waals surface area contributed by atoms with Crippen LogP contribution in [-0.4, -0.2) is 5.91 Å². The molecule has 0 atom stereocenters. The predicted octanol–water partition coefficient (Wildman–Crippen LogP) is 5.25. The van der Waals surface area contributed by atoms with E-state index in [0.29, 0.717) is 5.92 Å². The van der Waals surface area contributed by atoms with Crippen LogP contribution in [0.1, 0.15) is 65.6 Å². The zero-order valence-electron chi connectivity index (χ0n) is 13.5. The van der Waals surface area contributed by atoms with Crippen LogP contribution < -0.4 is 5.32 Å². The molecule has 114 valence electrons. The first kappa shape index (κ1) is 14.8. The molecule has 0 heterocycles. The van der Waals surface area contributed by atoms with E-state index in [1.807, 2.05) is 24.3 Å². The van der Waals surface area contributed by atoms with Gasteiger partial charge in [0.25, 0.3) is 5.91 Å². The van der Waals surface area contributed by atoms with Gasteiger partial charge in [0.05, 0.1) is 0 Å². The second kappa shape index (κ2) is 5.96. The Labute approximate surface area is 132 Å². The number of hydrogen-bond acceptors (Lipinski definition) is 1. The van der Waals surface area contributed by atoms with E-state index >= 15 is 0 Å². The first-order chi connectivity index (χ1) is 10.6. The lowest BCUT2D eigenvalue weighted by Crippen LogP contribution is -2.13. The Morgan fingerprint density at radius 1 is 1.09 bits per heavy atom. The van der Waals surface area contributed by atoms with Crippen molar-refractivity contribution in [3.63, 3.8) is 0 Å². The van der Waals surface area contributed by atoms with Crippen LogP contribution >= 0.6 is 0 Å². The summed E-state index contributed by atoms with van der Waals surface area (Å²) in [5.41, 5.74) is 5.41. The lowest BCUT2D eigenvalue weighted by atomic mass is 9.97. The third-order valence-corrected chi connectivity index (χ3v) is 4.47. The molecule has 22 heavy (non-hydrogen) atoms. The second-order valence-corrected chi connectivity index (χ2v) is 6.52. The Hall–Kier alpha value is -2.09. The molecule has 1 aliphatic carbocycles. The Morgan fingerprint density at radius 3 is 2.36 bits per heavy atom. The zero-order valence-corrected chi connectivity index (χ0v) is 13.5. The van der Waals surface area contributed by atoms with Gasteiger partial charge in [0.1, 0.15) is 0 Å². The third kappa shape index (κ3) is 3.06. The number of carbonyl (C=O) groups excluding carboxylic acids is 1. The van der Waals surface area contributed by atoms with Crippen LogP contribution in [0.5, 0.6) is 0 Å². The van der Waals surface area contributed by atoms with Crippen molar-refractivity contribution in [2.24, 2.45) is 0 Å². The van der Waals surface area contributed by atoms with Gasteiger partial charge in [-0.2, -0.15) is 0 Å². The fourth-order valence-electron chi connectivity index (χ4n) is 2.93. The second-order valence-electron chi connectivity index (χ2n) is 6.52. The molecular formula is C20H23NO. The lowest BCUT2D eigenvalue weighted by molar-refractivity contribution is 0.102. The van der Waals surface area contributed by atoms with E-state index in [1.165, 1.54) is 24.0 Å².